The van der Waals surface area contributed by atoms with Crippen LogP contribution in [0.5, 0.6) is 0 Å². The molecule has 9 heteroatoms. The standard InChI is InChI=1S/C33H34N4O4S/c1-21(32(40)41)36-30(38)26(37-31(39)27-16-17-28(42-27)33(2,3)4)18-23-12-14-25(15-13-23)29-34-19-24(20-35-29)11-10-22-8-6-5-7-9-22/h5-17,19-21,26H,18H2,1-4H3,(H,36,38)(H,37,39)(H,40,41)/b11-10-/t21-,26+/m1/s1. The molecule has 0 aliphatic rings. The lowest BCUT2D eigenvalue weighted by atomic mass is 9.95. The Hall–Kier alpha value is -4.63. The molecule has 0 aliphatic carbocycles. The summed E-state index contributed by atoms with van der Waals surface area (Å²) in [6.45, 7) is 7.58. The number of carboxylic acid groups (broad SMARTS) is 1. The summed E-state index contributed by atoms with van der Waals surface area (Å²) in [6.07, 6.45) is 7.63. The number of nitrogens with one attached hydrogen (secondary N) is 2. The van der Waals surface area contributed by atoms with Crippen molar-refractivity contribution in [3.8, 4) is 11.4 Å². The maximum Gasteiger partial charge on any atom is 0.325 e. The zero-order chi connectivity index (χ0) is 30.3. The first-order valence-corrected chi connectivity index (χ1v) is 14.4. The molecule has 0 spiro atoms. The molecule has 216 valence electrons. The van der Waals surface area contributed by atoms with Gasteiger partial charge in [0, 0.05) is 34.8 Å². The number of nitrogens with zero attached hydrogens (tertiary/aromatic N) is 2. The molecule has 0 bridgehead atoms. The highest BCUT2D eigenvalue weighted by atomic mass is 32.1. The third-order valence-electron chi connectivity index (χ3n) is 6.51. The smallest absolute Gasteiger partial charge is 0.325 e. The number of aliphatic carboxylic acids is 1. The largest absolute Gasteiger partial charge is 0.480 e. The molecule has 2 amide bonds. The normalized spacial score (nSPS) is 13.0. The molecule has 8 nitrogen and oxygen atoms in total. The Morgan fingerprint density at radius 3 is 2.12 bits per heavy atom. The fourth-order valence-electron chi connectivity index (χ4n) is 4.03. The highest BCUT2D eigenvalue weighted by Gasteiger charge is 2.26. The molecular weight excluding hydrogens is 548 g/mol. The summed E-state index contributed by atoms with van der Waals surface area (Å²) < 4.78 is 0. The lowest BCUT2D eigenvalue weighted by Gasteiger charge is -2.20. The molecule has 2 atom stereocenters. The summed E-state index contributed by atoms with van der Waals surface area (Å²) in [7, 11) is 0. The number of amides is 2. The number of carboxylic acids is 1. The zero-order valence-electron chi connectivity index (χ0n) is 24.0. The molecule has 3 N–H and O–H groups in total. The van der Waals surface area contributed by atoms with Crippen LogP contribution < -0.4 is 10.6 Å². The van der Waals surface area contributed by atoms with Gasteiger partial charge in [0.1, 0.15) is 12.1 Å². The zero-order valence-corrected chi connectivity index (χ0v) is 24.8. The third-order valence-corrected chi connectivity index (χ3v) is 8.02. The van der Waals surface area contributed by atoms with Crippen LogP contribution in [0.4, 0.5) is 0 Å². The predicted molar refractivity (Wildman–Crippen MR) is 166 cm³/mol. The van der Waals surface area contributed by atoms with E-state index in [2.05, 4.69) is 41.4 Å². The van der Waals surface area contributed by atoms with Gasteiger partial charge in [0.2, 0.25) is 5.91 Å². The molecular formula is C33H34N4O4S. The molecule has 0 aliphatic heterocycles. The Balaban J connectivity index is 1.47. The molecule has 0 unspecified atom stereocenters. The number of rotatable bonds is 10. The maximum absolute atomic E-state index is 13.1. The van der Waals surface area contributed by atoms with Crippen LogP contribution in [0.2, 0.25) is 0 Å². The quantitative estimate of drug-likeness (QED) is 0.224. The van der Waals surface area contributed by atoms with Gasteiger partial charge < -0.3 is 15.7 Å². The van der Waals surface area contributed by atoms with Crippen LogP contribution in [0.25, 0.3) is 23.5 Å². The van der Waals surface area contributed by atoms with Gasteiger partial charge >= 0.3 is 5.97 Å². The molecule has 2 heterocycles. The van der Waals surface area contributed by atoms with Gasteiger partial charge in [-0.15, -0.1) is 11.3 Å². The molecule has 42 heavy (non-hydrogen) atoms. The van der Waals surface area contributed by atoms with Crippen LogP contribution in [0.15, 0.2) is 79.1 Å². The van der Waals surface area contributed by atoms with Crippen LogP contribution in [-0.4, -0.2) is 44.9 Å². The lowest BCUT2D eigenvalue weighted by molar-refractivity contribution is -0.141. The Bertz CT molecular complexity index is 1560. The summed E-state index contributed by atoms with van der Waals surface area (Å²) in [6, 6.07) is 19.0. The van der Waals surface area contributed by atoms with Crippen LogP contribution in [0, 0.1) is 0 Å². The van der Waals surface area contributed by atoms with Crippen molar-refractivity contribution < 1.29 is 19.5 Å². The Kier molecular flexibility index (Phi) is 9.64. The Labute approximate surface area is 249 Å². The van der Waals surface area contributed by atoms with Crippen LogP contribution in [0.3, 0.4) is 0 Å². The molecule has 0 saturated heterocycles. The van der Waals surface area contributed by atoms with E-state index in [9.17, 15) is 19.5 Å². The SMILES string of the molecule is C[C@@H](NC(=O)[C@H](Cc1ccc(-c2ncc(/C=C\c3ccccc3)cn2)cc1)NC(=O)c1ccc(C(C)(C)C)s1)C(=O)O. The number of benzene rings is 2. The van der Waals surface area contributed by atoms with Gasteiger partial charge in [-0.05, 0) is 35.6 Å². The first-order valence-electron chi connectivity index (χ1n) is 13.6. The average Bonchev–Trinajstić information content (AvgIpc) is 3.49. The fraction of sp³-hybridized carbons (Fsp3) is 0.242. The molecule has 0 saturated carbocycles. The number of carbonyl (C=O) groups is 3. The van der Waals surface area contributed by atoms with Crippen molar-refractivity contribution in [3.63, 3.8) is 0 Å². The molecule has 0 radical (unpaired) electrons. The van der Waals surface area contributed by atoms with Crippen LogP contribution >= 0.6 is 11.3 Å². The second kappa shape index (κ2) is 13.4. The van der Waals surface area contributed by atoms with E-state index in [1.54, 1.807) is 18.5 Å². The number of thiophene rings is 1. The van der Waals surface area contributed by atoms with Crippen LogP contribution in [0.1, 0.15) is 58.9 Å². The molecule has 4 rings (SSSR count). The van der Waals surface area contributed by atoms with Crippen LogP contribution in [-0.2, 0) is 21.4 Å². The van der Waals surface area contributed by atoms with Gasteiger partial charge in [-0.2, -0.15) is 0 Å². The number of aromatic nitrogens is 2. The van der Waals surface area contributed by atoms with Gasteiger partial charge in [-0.1, -0.05) is 87.5 Å². The lowest BCUT2D eigenvalue weighted by Crippen LogP contribution is -2.51. The van der Waals surface area contributed by atoms with E-state index in [4.69, 9.17) is 0 Å². The summed E-state index contributed by atoms with van der Waals surface area (Å²) in [5, 5.41) is 14.5. The number of hydrogen-bond acceptors (Lipinski definition) is 6. The van der Waals surface area contributed by atoms with Crippen molar-refractivity contribution in [2.45, 2.75) is 51.6 Å². The highest BCUT2D eigenvalue weighted by molar-refractivity contribution is 7.14. The molecule has 2 aromatic heterocycles. The van der Waals surface area contributed by atoms with E-state index < -0.39 is 24.0 Å². The Morgan fingerprint density at radius 1 is 0.881 bits per heavy atom. The van der Waals surface area contributed by atoms with Crippen molar-refractivity contribution in [2.75, 3.05) is 0 Å². The Morgan fingerprint density at radius 2 is 1.52 bits per heavy atom. The van der Waals surface area contributed by atoms with Gasteiger partial charge in [0.25, 0.3) is 5.91 Å². The minimum absolute atomic E-state index is 0.110. The fourth-order valence-corrected chi connectivity index (χ4v) is 5.00. The van der Waals surface area contributed by atoms with E-state index in [1.807, 2.05) is 72.8 Å². The van der Waals surface area contributed by atoms with Crippen molar-refractivity contribution in [1.82, 2.24) is 20.6 Å². The van der Waals surface area contributed by atoms with Gasteiger partial charge in [0.05, 0.1) is 4.88 Å². The second-order valence-electron chi connectivity index (χ2n) is 11.0. The third kappa shape index (κ3) is 8.20. The van der Waals surface area contributed by atoms with E-state index in [0.29, 0.717) is 10.7 Å². The summed E-state index contributed by atoms with van der Waals surface area (Å²) in [5.41, 5.74) is 3.44. The highest BCUT2D eigenvalue weighted by Crippen LogP contribution is 2.29. The number of hydrogen-bond donors (Lipinski definition) is 3. The van der Waals surface area contributed by atoms with E-state index in [0.717, 1.165) is 27.1 Å². The minimum atomic E-state index is -1.16. The number of carbonyl (C=O) groups excluding carboxylic acids is 2. The van der Waals surface area contributed by atoms with Crippen molar-refractivity contribution in [3.05, 3.63) is 106 Å². The van der Waals surface area contributed by atoms with Gasteiger partial charge in [-0.25, -0.2) is 9.97 Å². The van der Waals surface area contributed by atoms with E-state index in [-0.39, 0.29) is 17.7 Å². The van der Waals surface area contributed by atoms with Crippen molar-refractivity contribution in [2.24, 2.45) is 0 Å². The summed E-state index contributed by atoms with van der Waals surface area (Å²) >= 11 is 1.37. The van der Waals surface area contributed by atoms with E-state index in [1.165, 1.54) is 18.3 Å². The minimum Gasteiger partial charge on any atom is -0.480 e. The topological polar surface area (TPSA) is 121 Å². The summed E-state index contributed by atoms with van der Waals surface area (Å²) in [4.78, 5) is 48.0. The van der Waals surface area contributed by atoms with Gasteiger partial charge in [0.15, 0.2) is 5.82 Å². The first-order chi connectivity index (χ1) is 20.0. The average molecular weight is 583 g/mol. The van der Waals surface area contributed by atoms with Gasteiger partial charge in [-0.3, -0.25) is 14.4 Å². The maximum atomic E-state index is 13.1. The van der Waals surface area contributed by atoms with Crippen molar-refractivity contribution >= 4 is 41.3 Å². The summed E-state index contributed by atoms with van der Waals surface area (Å²) in [5.74, 6) is -1.56. The van der Waals surface area contributed by atoms with Crippen molar-refractivity contribution in [1.29, 1.82) is 0 Å². The molecule has 0 fully saturated rings. The predicted octanol–water partition coefficient (Wildman–Crippen LogP) is 5.60. The monoisotopic (exact) mass is 582 g/mol. The molecule has 4 aromatic rings. The van der Waals surface area contributed by atoms with E-state index >= 15 is 0 Å². The second-order valence-corrected chi connectivity index (χ2v) is 12.1. The molecule has 2 aromatic carbocycles. The first kappa shape index (κ1) is 30.3.